The van der Waals surface area contributed by atoms with Gasteiger partial charge in [0, 0.05) is 0 Å². The van der Waals surface area contributed by atoms with Crippen LogP contribution in [0, 0.1) is 11.3 Å². The third-order valence-electron chi connectivity index (χ3n) is 1.56. The van der Waals surface area contributed by atoms with Crippen molar-refractivity contribution in [3.05, 3.63) is 29.8 Å². The molecule has 0 spiro atoms. The topological polar surface area (TPSA) is 110 Å². The lowest BCUT2D eigenvalue weighted by Gasteiger charge is -2.00. The largest absolute Gasteiger partial charge is 0.432 e. The van der Waals surface area contributed by atoms with Crippen LogP contribution in [0.1, 0.15) is 5.56 Å². The summed E-state index contributed by atoms with van der Waals surface area (Å²) in [4.78, 5) is 0.161. The average Bonchev–Trinajstić information content (AvgIpc) is 2.30. The highest BCUT2D eigenvalue weighted by Crippen LogP contribution is 2.08. The van der Waals surface area contributed by atoms with E-state index in [1.807, 2.05) is 6.07 Å². The summed E-state index contributed by atoms with van der Waals surface area (Å²) in [5.74, 6) is 0. The SMILES string of the molecule is CNS(=O)(=O)c1ccc(C#N)cc1.OBO. The average molecular weight is 242 g/mol. The van der Waals surface area contributed by atoms with Crippen molar-refractivity contribution in [2.45, 2.75) is 4.90 Å². The van der Waals surface area contributed by atoms with Crippen molar-refractivity contribution in [2.24, 2.45) is 0 Å². The highest BCUT2D eigenvalue weighted by molar-refractivity contribution is 7.89. The Morgan fingerprint density at radius 1 is 1.31 bits per heavy atom. The summed E-state index contributed by atoms with van der Waals surface area (Å²) >= 11 is 0. The lowest BCUT2D eigenvalue weighted by Crippen LogP contribution is -2.18. The van der Waals surface area contributed by atoms with Crippen molar-refractivity contribution in [1.82, 2.24) is 4.72 Å². The van der Waals surface area contributed by atoms with Crippen LogP contribution >= 0.6 is 0 Å². The van der Waals surface area contributed by atoms with Crippen LogP contribution < -0.4 is 4.72 Å². The quantitative estimate of drug-likeness (QED) is 0.558. The van der Waals surface area contributed by atoms with E-state index in [2.05, 4.69) is 4.72 Å². The van der Waals surface area contributed by atoms with E-state index in [4.69, 9.17) is 15.3 Å². The summed E-state index contributed by atoms with van der Waals surface area (Å²) < 4.78 is 24.6. The third-order valence-corrected chi connectivity index (χ3v) is 2.99. The van der Waals surface area contributed by atoms with E-state index in [0.717, 1.165) is 0 Å². The number of sulfonamides is 1. The third kappa shape index (κ3) is 4.42. The second-order valence-corrected chi connectivity index (χ2v) is 4.37. The van der Waals surface area contributed by atoms with Crippen molar-refractivity contribution < 1.29 is 18.5 Å². The number of rotatable bonds is 2. The molecule has 0 aliphatic rings. The molecular weight excluding hydrogens is 231 g/mol. The van der Waals surface area contributed by atoms with Gasteiger partial charge in [0.2, 0.25) is 10.0 Å². The number of nitrogens with zero attached hydrogens (tertiary/aromatic N) is 1. The van der Waals surface area contributed by atoms with Crippen molar-refractivity contribution in [1.29, 1.82) is 5.26 Å². The lowest BCUT2D eigenvalue weighted by molar-refractivity contribution is 0.448. The van der Waals surface area contributed by atoms with Gasteiger partial charge in [0.1, 0.15) is 0 Å². The van der Waals surface area contributed by atoms with Crippen LogP contribution in [0.25, 0.3) is 0 Å². The fourth-order valence-electron chi connectivity index (χ4n) is 0.826. The predicted octanol–water partition coefficient (Wildman–Crippen LogP) is -1.30. The van der Waals surface area contributed by atoms with Gasteiger partial charge in [-0.2, -0.15) is 5.26 Å². The Morgan fingerprint density at radius 2 is 1.75 bits per heavy atom. The zero-order chi connectivity index (χ0) is 12.6. The second-order valence-electron chi connectivity index (χ2n) is 2.49. The van der Waals surface area contributed by atoms with Crippen LogP contribution in [-0.4, -0.2) is 33.2 Å². The maximum atomic E-state index is 11.2. The Hall–Kier alpha value is -1.40. The van der Waals surface area contributed by atoms with Crippen molar-refractivity contribution in [2.75, 3.05) is 7.05 Å². The van der Waals surface area contributed by atoms with Gasteiger partial charge in [-0.05, 0) is 31.3 Å². The molecule has 8 heteroatoms. The van der Waals surface area contributed by atoms with Gasteiger partial charge < -0.3 is 10.0 Å². The van der Waals surface area contributed by atoms with Crippen LogP contribution in [0.2, 0.25) is 0 Å². The van der Waals surface area contributed by atoms with Crippen molar-refractivity contribution >= 4 is 17.7 Å². The minimum Gasteiger partial charge on any atom is -0.430 e. The van der Waals surface area contributed by atoms with Gasteiger partial charge in [0.05, 0.1) is 16.5 Å². The van der Waals surface area contributed by atoms with E-state index in [9.17, 15) is 8.42 Å². The molecule has 0 aromatic heterocycles. The summed E-state index contributed by atoms with van der Waals surface area (Å²) in [5, 5.41) is 22.7. The first-order chi connectivity index (χ1) is 7.51. The Labute approximate surface area is 94.5 Å². The van der Waals surface area contributed by atoms with Crippen LogP contribution in [0.5, 0.6) is 0 Å². The Kier molecular flexibility index (Phi) is 6.37. The van der Waals surface area contributed by atoms with E-state index in [0.29, 0.717) is 5.56 Å². The molecule has 0 atom stereocenters. The van der Waals surface area contributed by atoms with Gasteiger partial charge in [-0.3, -0.25) is 0 Å². The highest BCUT2D eigenvalue weighted by atomic mass is 32.2. The zero-order valence-corrected chi connectivity index (χ0v) is 9.40. The summed E-state index contributed by atoms with van der Waals surface area (Å²) in [7, 11) is -2.79. The molecule has 1 aromatic rings. The van der Waals surface area contributed by atoms with Gasteiger partial charge in [0.25, 0.3) is 0 Å². The Morgan fingerprint density at radius 3 is 2.06 bits per heavy atom. The van der Waals surface area contributed by atoms with E-state index in [1.165, 1.54) is 31.3 Å². The van der Waals surface area contributed by atoms with Gasteiger partial charge >= 0.3 is 7.69 Å². The molecule has 1 rings (SSSR count). The lowest BCUT2D eigenvalue weighted by atomic mass is 10.2. The Bertz CT molecular complexity index is 452. The standard InChI is InChI=1S/C8H8N2O2S.BH3O2/c1-10-13(11,12)8-4-2-7(6-9)3-5-8;2-1-3/h2-5,10H,1H3;1-3H. The number of nitriles is 1. The molecule has 0 amide bonds. The van der Waals surface area contributed by atoms with E-state index < -0.39 is 17.7 Å². The number of benzene rings is 1. The fraction of sp³-hybridized carbons (Fsp3) is 0.125. The zero-order valence-electron chi connectivity index (χ0n) is 8.58. The van der Waals surface area contributed by atoms with Gasteiger partial charge in [-0.1, -0.05) is 0 Å². The Balaban J connectivity index is 0.000000673. The van der Waals surface area contributed by atoms with Crippen LogP contribution in [0.4, 0.5) is 0 Å². The van der Waals surface area contributed by atoms with Crippen LogP contribution in [-0.2, 0) is 10.0 Å². The predicted molar refractivity (Wildman–Crippen MR) is 59.0 cm³/mol. The molecule has 0 fully saturated rings. The highest BCUT2D eigenvalue weighted by Gasteiger charge is 2.09. The minimum atomic E-state index is -3.38. The van der Waals surface area contributed by atoms with Crippen LogP contribution in [0.3, 0.4) is 0 Å². The number of nitrogens with one attached hydrogen (secondary N) is 1. The molecule has 0 aliphatic carbocycles. The molecule has 0 aliphatic heterocycles. The summed E-state index contributed by atoms with van der Waals surface area (Å²) in [6.45, 7) is 0. The molecule has 16 heavy (non-hydrogen) atoms. The van der Waals surface area contributed by atoms with E-state index in [-0.39, 0.29) is 4.90 Å². The molecule has 0 unspecified atom stereocenters. The molecule has 3 N–H and O–H groups in total. The van der Waals surface area contributed by atoms with Gasteiger partial charge in [-0.15, -0.1) is 0 Å². The van der Waals surface area contributed by atoms with Crippen molar-refractivity contribution in [3.8, 4) is 6.07 Å². The number of hydrogen-bond donors (Lipinski definition) is 3. The first-order valence-electron chi connectivity index (χ1n) is 4.17. The van der Waals surface area contributed by atoms with Crippen LogP contribution in [0.15, 0.2) is 29.2 Å². The maximum absolute atomic E-state index is 11.2. The first kappa shape index (κ1) is 14.6. The molecule has 0 saturated heterocycles. The van der Waals surface area contributed by atoms with E-state index in [1.54, 1.807) is 0 Å². The summed E-state index contributed by atoms with van der Waals surface area (Å²) in [6, 6.07) is 7.62. The fourth-order valence-corrected chi connectivity index (χ4v) is 1.56. The second kappa shape index (κ2) is 6.97. The molecule has 1 aromatic carbocycles. The summed E-state index contributed by atoms with van der Waals surface area (Å²) in [6.07, 6.45) is 0. The molecule has 86 valence electrons. The van der Waals surface area contributed by atoms with Gasteiger partial charge in [0.15, 0.2) is 0 Å². The number of hydrogen-bond acceptors (Lipinski definition) is 5. The molecule has 0 bridgehead atoms. The molecule has 0 radical (unpaired) electrons. The normalized spacial score (nSPS) is 9.62. The summed E-state index contributed by atoms with van der Waals surface area (Å²) in [5.41, 5.74) is 0.440. The smallest absolute Gasteiger partial charge is 0.430 e. The molecule has 6 nitrogen and oxygen atoms in total. The first-order valence-corrected chi connectivity index (χ1v) is 5.65. The molecule has 0 saturated carbocycles. The monoisotopic (exact) mass is 242 g/mol. The molecule has 0 heterocycles. The van der Waals surface area contributed by atoms with E-state index >= 15 is 0 Å². The minimum absolute atomic E-state index is 0.161. The maximum Gasteiger partial charge on any atom is 0.432 e. The molecular formula is C8H11BN2O4S. The van der Waals surface area contributed by atoms with Crippen molar-refractivity contribution in [3.63, 3.8) is 0 Å². The van der Waals surface area contributed by atoms with Gasteiger partial charge in [-0.25, -0.2) is 13.1 Å².